The zero-order valence-corrected chi connectivity index (χ0v) is 20.0. The Kier molecular flexibility index (Phi) is 8.03. The van der Waals surface area contributed by atoms with Crippen LogP contribution in [0.5, 0.6) is 0 Å². The van der Waals surface area contributed by atoms with Crippen LogP contribution in [-0.2, 0) is 14.3 Å². The van der Waals surface area contributed by atoms with Crippen molar-refractivity contribution in [2.24, 2.45) is 0 Å². The molecule has 32 heavy (non-hydrogen) atoms. The second-order valence-corrected chi connectivity index (χ2v) is 8.42. The van der Waals surface area contributed by atoms with E-state index in [-0.39, 0.29) is 23.6 Å². The Labute approximate surface area is 198 Å². The lowest BCUT2D eigenvalue weighted by atomic mass is 9.94. The van der Waals surface area contributed by atoms with Crippen LogP contribution < -0.4 is 5.32 Å². The van der Waals surface area contributed by atoms with Crippen LogP contribution >= 0.6 is 23.2 Å². The fourth-order valence-electron chi connectivity index (χ4n) is 4.07. The van der Waals surface area contributed by atoms with Crippen LogP contribution in [0.4, 0.5) is 4.79 Å². The molecule has 1 aromatic rings. The summed E-state index contributed by atoms with van der Waals surface area (Å²) in [4.78, 5) is 43.3. The number of nitrogens with one attached hydrogen (secondary N) is 1. The predicted octanol–water partition coefficient (Wildman–Crippen LogP) is 3.06. The van der Waals surface area contributed by atoms with Gasteiger partial charge in [-0.15, -0.1) is 0 Å². The SMILES string of the molecule is CCOC(=O)C1=C(CN2CCN(C(C)=O)CC2)N(CC)C(=O)N[C@H]1c1cccc(Cl)c1Cl. The molecule has 1 N–H and O–H groups in total. The van der Waals surface area contributed by atoms with Crippen LogP contribution in [-0.4, -0.2) is 78.5 Å². The van der Waals surface area contributed by atoms with E-state index in [4.69, 9.17) is 27.9 Å². The summed E-state index contributed by atoms with van der Waals surface area (Å²) in [6.07, 6.45) is 0. The van der Waals surface area contributed by atoms with E-state index in [1.54, 1.807) is 41.8 Å². The lowest BCUT2D eigenvalue weighted by Gasteiger charge is -2.40. The van der Waals surface area contributed by atoms with Crippen molar-refractivity contribution in [1.82, 2.24) is 20.0 Å². The average Bonchev–Trinajstić information content (AvgIpc) is 2.76. The van der Waals surface area contributed by atoms with Crippen LogP contribution in [0.3, 0.4) is 0 Å². The Morgan fingerprint density at radius 1 is 1.16 bits per heavy atom. The second-order valence-electron chi connectivity index (χ2n) is 7.63. The summed E-state index contributed by atoms with van der Waals surface area (Å²) in [6, 6.07) is 4.01. The Hall–Kier alpha value is -2.29. The summed E-state index contributed by atoms with van der Waals surface area (Å²) in [6.45, 7) is 8.56. The van der Waals surface area contributed by atoms with E-state index in [9.17, 15) is 14.4 Å². The molecular weight excluding hydrogens is 455 g/mol. The van der Waals surface area contributed by atoms with Crippen molar-refractivity contribution in [2.75, 3.05) is 45.9 Å². The lowest BCUT2D eigenvalue weighted by Crippen LogP contribution is -2.53. The molecule has 0 aromatic heterocycles. The average molecular weight is 483 g/mol. The number of likely N-dealkylation sites (N-methyl/N-ethyl adjacent to an activating group) is 1. The van der Waals surface area contributed by atoms with E-state index in [0.717, 1.165) is 0 Å². The van der Waals surface area contributed by atoms with Crippen molar-refractivity contribution in [2.45, 2.75) is 26.8 Å². The molecule has 2 aliphatic heterocycles. The molecule has 2 heterocycles. The van der Waals surface area contributed by atoms with Crippen molar-refractivity contribution >= 4 is 41.1 Å². The smallest absolute Gasteiger partial charge is 0.338 e. The molecule has 0 unspecified atom stereocenters. The van der Waals surface area contributed by atoms with Gasteiger partial charge in [0.1, 0.15) is 0 Å². The molecule has 1 saturated heterocycles. The fraction of sp³-hybridized carbons (Fsp3) is 0.500. The highest BCUT2D eigenvalue weighted by Crippen LogP contribution is 2.37. The number of esters is 1. The first-order valence-corrected chi connectivity index (χ1v) is 11.4. The molecule has 0 aliphatic carbocycles. The van der Waals surface area contributed by atoms with Gasteiger partial charge in [-0.2, -0.15) is 0 Å². The number of carbonyl (C=O) groups is 3. The monoisotopic (exact) mass is 482 g/mol. The largest absolute Gasteiger partial charge is 0.463 e. The maximum Gasteiger partial charge on any atom is 0.338 e. The molecule has 8 nitrogen and oxygen atoms in total. The number of rotatable bonds is 6. The third kappa shape index (κ3) is 5.03. The van der Waals surface area contributed by atoms with Crippen molar-refractivity contribution in [1.29, 1.82) is 0 Å². The molecule has 0 bridgehead atoms. The second kappa shape index (κ2) is 10.6. The van der Waals surface area contributed by atoms with Gasteiger partial charge in [0.25, 0.3) is 0 Å². The first-order chi connectivity index (χ1) is 15.3. The third-order valence-corrected chi connectivity index (χ3v) is 6.57. The number of ether oxygens (including phenoxy) is 1. The summed E-state index contributed by atoms with van der Waals surface area (Å²) in [5.74, 6) is -0.469. The topological polar surface area (TPSA) is 82.2 Å². The fourth-order valence-corrected chi connectivity index (χ4v) is 4.48. The van der Waals surface area contributed by atoms with Gasteiger partial charge in [0.05, 0.1) is 28.3 Å². The molecule has 2 aliphatic rings. The maximum absolute atomic E-state index is 13.1. The molecule has 3 amide bonds. The van der Waals surface area contributed by atoms with E-state index in [2.05, 4.69) is 10.2 Å². The minimum atomic E-state index is -0.788. The van der Waals surface area contributed by atoms with Gasteiger partial charge < -0.3 is 15.0 Å². The van der Waals surface area contributed by atoms with Crippen LogP contribution in [0.1, 0.15) is 32.4 Å². The van der Waals surface area contributed by atoms with Gasteiger partial charge in [0.2, 0.25) is 5.91 Å². The minimum Gasteiger partial charge on any atom is -0.463 e. The number of hydrogen-bond acceptors (Lipinski definition) is 5. The summed E-state index contributed by atoms with van der Waals surface area (Å²) >= 11 is 12.7. The van der Waals surface area contributed by atoms with Crippen molar-refractivity contribution < 1.29 is 19.1 Å². The number of piperazine rings is 1. The zero-order chi connectivity index (χ0) is 23.4. The molecule has 10 heteroatoms. The van der Waals surface area contributed by atoms with Crippen LogP contribution in [0.2, 0.25) is 10.0 Å². The maximum atomic E-state index is 13.1. The number of urea groups is 1. The quantitative estimate of drug-likeness (QED) is 0.630. The Bertz CT molecular complexity index is 929. The van der Waals surface area contributed by atoms with E-state index in [1.165, 1.54) is 0 Å². The summed E-state index contributed by atoms with van der Waals surface area (Å²) in [7, 11) is 0. The molecule has 0 saturated carbocycles. The summed E-state index contributed by atoms with van der Waals surface area (Å²) in [5, 5.41) is 3.51. The van der Waals surface area contributed by atoms with Crippen LogP contribution in [0.25, 0.3) is 0 Å². The number of benzene rings is 1. The Morgan fingerprint density at radius 2 is 1.84 bits per heavy atom. The molecular formula is C22H28Cl2N4O4. The Balaban J connectivity index is 2.04. The molecule has 1 aromatic carbocycles. The van der Waals surface area contributed by atoms with Gasteiger partial charge in [-0.25, -0.2) is 9.59 Å². The standard InChI is InChI=1S/C22H28Cl2N4O4/c1-4-28-17(13-26-9-11-27(12-10-26)14(3)29)18(21(30)32-5-2)20(25-22(28)31)15-7-6-8-16(23)19(15)24/h6-8,20H,4-5,9-13H2,1-3H3,(H,25,31)/t20-/m0/s1. The van der Waals surface area contributed by atoms with E-state index in [1.807, 2.05) is 6.92 Å². The summed E-state index contributed by atoms with van der Waals surface area (Å²) in [5.41, 5.74) is 1.45. The lowest BCUT2D eigenvalue weighted by molar-refractivity contribution is -0.139. The highest BCUT2D eigenvalue weighted by atomic mass is 35.5. The van der Waals surface area contributed by atoms with E-state index < -0.39 is 12.0 Å². The van der Waals surface area contributed by atoms with Gasteiger partial charge >= 0.3 is 12.0 Å². The van der Waals surface area contributed by atoms with E-state index >= 15 is 0 Å². The van der Waals surface area contributed by atoms with Gasteiger partial charge in [0.15, 0.2) is 0 Å². The molecule has 174 valence electrons. The normalized spacial score (nSPS) is 19.8. The van der Waals surface area contributed by atoms with Gasteiger partial charge in [0, 0.05) is 51.9 Å². The van der Waals surface area contributed by atoms with Crippen LogP contribution in [0.15, 0.2) is 29.5 Å². The van der Waals surface area contributed by atoms with Crippen molar-refractivity contribution in [3.05, 3.63) is 45.1 Å². The van der Waals surface area contributed by atoms with Gasteiger partial charge in [-0.05, 0) is 25.5 Å². The van der Waals surface area contributed by atoms with Crippen LogP contribution in [0, 0.1) is 0 Å². The highest BCUT2D eigenvalue weighted by Gasteiger charge is 2.39. The third-order valence-electron chi connectivity index (χ3n) is 5.73. The summed E-state index contributed by atoms with van der Waals surface area (Å²) < 4.78 is 5.38. The number of carbonyl (C=O) groups excluding carboxylic acids is 3. The molecule has 3 rings (SSSR count). The molecule has 0 radical (unpaired) electrons. The molecule has 1 atom stereocenters. The molecule has 0 spiro atoms. The first-order valence-electron chi connectivity index (χ1n) is 10.7. The highest BCUT2D eigenvalue weighted by molar-refractivity contribution is 6.42. The molecule has 1 fully saturated rings. The minimum absolute atomic E-state index is 0.0407. The number of halogens is 2. The van der Waals surface area contributed by atoms with Gasteiger partial charge in [-0.1, -0.05) is 35.3 Å². The first kappa shape index (κ1) is 24.4. The van der Waals surface area contributed by atoms with Crippen molar-refractivity contribution in [3.8, 4) is 0 Å². The van der Waals surface area contributed by atoms with Crippen molar-refractivity contribution in [3.63, 3.8) is 0 Å². The number of hydrogen-bond donors (Lipinski definition) is 1. The predicted molar refractivity (Wildman–Crippen MR) is 122 cm³/mol. The number of nitrogens with zero attached hydrogens (tertiary/aromatic N) is 3. The number of amides is 3. The van der Waals surface area contributed by atoms with E-state index in [0.29, 0.717) is 61.1 Å². The van der Waals surface area contributed by atoms with Gasteiger partial charge in [-0.3, -0.25) is 14.6 Å². The zero-order valence-electron chi connectivity index (χ0n) is 18.5. The Morgan fingerprint density at radius 3 is 2.44 bits per heavy atom.